The van der Waals surface area contributed by atoms with E-state index in [0.717, 1.165) is 21.7 Å². The molecule has 1 aliphatic rings. The number of H-pyrrole nitrogens is 1. The van der Waals surface area contributed by atoms with E-state index < -0.39 is 5.92 Å². The van der Waals surface area contributed by atoms with Gasteiger partial charge in [-0.2, -0.15) is 5.26 Å². The van der Waals surface area contributed by atoms with Gasteiger partial charge in [0.25, 0.3) is 5.56 Å². The third-order valence-electron chi connectivity index (χ3n) is 5.22. The van der Waals surface area contributed by atoms with Crippen LogP contribution in [0.15, 0.2) is 83.0 Å². The van der Waals surface area contributed by atoms with Gasteiger partial charge in [-0.1, -0.05) is 54.6 Å². The van der Waals surface area contributed by atoms with Gasteiger partial charge in [-0.25, -0.2) is 0 Å². The summed E-state index contributed by atoms with van der Waals surface area (Å²) in [5.41, 5.74) is 8.01. The zero-order chi connectivity index (χ0) is 19.3. The fourth-order valence-electron chi connectivity index (χ4n) is 3.98. The molecule has 0 saturated carbocycles. The standard InChI is InChI=1S/C23H15N3O2/c24-12-17-19(15-10-5-7-13-6-1-2-8-14(13)15)20-21(28-22(17)25)16-9-3-4-11-18(16)26-23(20)27/h1-11,19H,25H2,(H,26,27)/t19-/m0/s1. The van der Waals surface area contributed by atoms with Crippen molar-refractivity contribution in [1.29, 1.82) is 5.26 Å². The van der Waals surface area contributed by atoms with E-state index in [-0.39, 0.29) is 17.0 Å². The zero-order valence-corrected chi connectivity index (χ0v) is 14.8. The minimum Gasteiger partial charge on any atom is -0.439 e. The van der Waals surface area contributed by atoms with Crippen LogP contribution in [0.3, 0.4) is 0 Å². The number of aromatic nitrogens is 1. The molecule has 0 amide bonds. The summed E-state index contributed by atoms with van der Waals surface area (Å²) in [6.07, 6.45) is 0. The molecule has 0 bridgehead atoms. The fourth-order valence-corrected chi connectivity index (χ4v) is 3.98. The van der Waals surface area contributed by atoms with E-state index >= 15 is 0 Å². The predicted molar refractivity (Wildman–Crippen MR) is 108 cm³/mol. The summed E-state index contributed by atoms with van der Waals surface area (Å²) >= 11 is 0. The molecule has 0 saturated heterocycles. The van der Waals surface area contributed by atoms with Gasteiger partial charge in [0.15, 0.2) is 0 Å². The van der Waals surface area contributed by atoms with E-state index in [2.05, 4.69) is 11.1 Å². The molecule has 0 unspecified atom stereocenters. The first kappa shape index (κ1) is 16.2. The number of pyridine rings is 1. The molecule has 5 heteroatoms. The van der Waals surface area contributed by atoms with Crippen LogP contribution in [-0.2, 0) is 0 Å². The topological polar surface area (TPSA) is 91.9 Å². The molecule has 4 aromatic rings. The number of nitriles is 1. The van der Waals surface area contributed by atoms with E-state index in [9.17, 15) is 10.1 Å². The van der Waals surface area contributed by atoms with Crippen molar-refractivity contribution in [1.82, 2.24) is 4.98 Å². The van der Waals surface area contributed by atoms with Gasteiger partial charge in [-0.05, 0) is 28.5 Å². The average Bonchev–Trinajstić information content (AvgIpc) is 2.72. The van der Waals surface area contributed by atoms with Crippen LogP contribution in [0.5, 0.6) is 5.75 Å². The molecule has 28 heavy (non-hydrogen) atoms. The minimum atomic E-state index is -0.604. The van der Waals surface area contributed by atoms with Gasteiger partial charge in [0.05, 0.1) is 17.0 Å². The highest BCUT2D eigenvalue weighted by Crippen LogP contribution is 2.44. The van der Waals surface area contributed by atoms with Crippen molar-refractivity contribution in [2.75, 3.05) is 0 Å². The lowest BCUT2D eigenvalue weighted by Gasteiger charge is -2.27. The molecule has 5 rings (SSSR count). The first-order valence-electron chi connectivity index (χ1n) is 8.89. The number of nitrogens with one attached hydrogen (secondary N) is 1. The van der Waals surface area contributed by atoms with Crippen LogP contribution in [0.1, 0.15) is 17.0 Å². The second kappa shape index (κ2) is 6.00. The Kier molecular flexibility index (Phi) is 3.46. The lowest BCUT2D eigenvalue weighted by molar-refractivity contribution is 0.397. The summed E-state index contributed by atoms with van der Waals surface area (Å²) in [4.78, 5) is 16.0. The van der Waals surface area contributed by atoms with Crippen molar-refractivity contribution < 1.29 is 4.74 Å². The third-order valence-corrected chi connectivity index (χ3v) is 5.22. The summed E-state index contributed by atoms with van der Waals surface area (Å²) in [5.74, 6) is -0.161. The normalized spacial score (nSPS) is 15.9. The van der Waals surface area contributed by atoms with Gasteiger partial charge in [-0.3, -0.25) is 4.79 Å². The number of rotatable bonds is 1. The largest absolute Gasteiger partial charge is 0.439 e. The monoisotopic (exact) mass is 365 g/mol. The molecular formula is C23H15N3O2. The summed E-state index contributed by atoms with van der Waals surface area (Å²) in [6.45, 7) is 0. The number of nitrogens with two attached hydrogens (primary N) is 1. The number of para-hydroxylation sites is 1. The quantitative estimate of drug-likeness (QED) is 0.535. The molecule has 3 aromatic carbocycles. The minimum absolute atomic E-state index is 0.0312. The molecule has 134 valence electrons. The van der Waals surface area contributed by atoms with Gasteiger partial charge in [0, 0.05) is 5.39 Å². The maximum absolute atomic E-state index is 13.1. The summed E-state index contributed by atoms with van der Waals surface area (Å²) in [5, 5.41) is 12.6. The van der Waals surface area contributed by atoms with Crippen LogP contribution in [0.25, 0.3) is 21.7 Å². The molecule has 0 spiro atoms. The van der Waals surface area contributed by atoms with Crippen molar-refractivity contribution in [3.8, 4) is 11.8 Å². The molecule has 0 aliphatic carbocycles. The second-order valence-corrected chi connectivity index (χ2v) is 6.74. The van der Waals surface area contributed by atoms with Crippen molar-refractivity contribution in [2.45, 2.75) is 5.92 Å². The smallest absolute Gasteiger partial charge is 0.256 e. The van der Waals surface area contributed by atoms with Gasteiger partial charge >= 0.3 is 0 Å². The number of benzene rings is 3. The molecule has 1 atom stereocenters. The number of nitrogens with zero attached hydrogens (tertiary/aromatic N) is 1. The number of hydrogen-bond donors (Lipinski definition) is 2. The van der Waals surface area contributed by atoms with Crippen LogP contribution < -0.4 is 16.0 Å². The highest BCUT2D eigenvalue weighted by atomic mass is 16.5. The maximum Gasteiger partial charge on any atom is 0.256 e. The van der Waals surface area contributed by atoms with Gasteiger partial charge < -0.3 is 15.5 Å². The van der Waals surface area contributed by atoms with Gasteiger partial charge in [0.1, 0.15) is 17.4 Å². The Bertz CT molecular complexity index is 1390. The van der Waals surface area contributed by atoms with Crippen LogP contribution >= 0.6 is 0 Å². The Morgan fingerprint density at radius 3 is 2.50 bits per heavy atom. The number of hydrogen-bond acceptors (Lipinski definition) is 4. The predicted octanol–water partition coefficient (Wildman–Crippen LogP) is 3.90. The van der Waals surface area contributed by atoms with Gasteiger partial charge in [0.2, 0.25) is 5.88 Å². The Labute approximate surface area is 160 Å². The lowest BCUT2D eigenvalue weighted by atomic mass is 9.81. The van der Waals surface area contributed by atoms with Crippen molar-refractivity contribution in [3.05, 3.63) is 99.7 Å². The average molecular weight is 365 g/mol. The Morgan fingerprint density at radius 1 is 0.964 bits per heavy atom. The van der Waals surface area contributed by atoms with Crippen LogP contribution in [0, 0.1) is 11.3 Å². The van der Waals surface area contributed by atoms with E-state index in [1.54, 1.807) is 0 Å². The highest BCUT2D eigenvalue weighted by Gasteiger charge is 2.35. The Morgan fingerprint density at radius 2 is 1.68 bits per heavy atom. The molecule has 5 nitrogen and oxygen atoms in total. The molecule has 3 N–H and O–H groups in total. The zero-order valence-electron chi connectivity index (χ0n) is 14.8. The fraction of sp³-hybridized carbons (Fsp3) is 0.0435. The molecule has 0 radical (unpaired) electrons. The Balaban J connectivity index is 1.92. The summed E-state index contributed by atoms with van der Waals surface area (Å²) in [7, 11) is 0. The van der Waals surface area contributed by atoms with E-state index in [1.807, 2.05) is 66.7 Å². The number of allylic oxidation sites excluding steroid dienone is 1. The van der Waals surface area contributed by atoms with Crippen LogP contribution in [-0.4, -0.2) is 4.98 Å². The van der Waals surface area contributed by atoms with E-state index in [4.69, 9.17) is 10.5 Å². The number of aromatic amines is 1. The SMILES string of the molecule is N#CC1=C(N)Oc2c(c(=O)[nH]c3ccccc23)[C@H]1c1cccc2ccccc12. The lowest BCUT2D eigenvalue weighted by Crippen LogP contribution is -2.28. The molecular weight excluding hydrogens is 350 g/mol. The molecule has 2 heterocycles. The summed E-state index contributed by atoms with van der Waals surface area (Å²) < 4.78 is 5.81. The maximum atomic E-state index is 13.1. The van der Waals surface area contributed by atoms with Crippen molar-refractivity contribution in [2.24, 2.45) is 5.73 Å². The molecule has 1 aliphatic heterocycles. The van der Waals surface area contributed by atoms with Crippen LogP contribution in [0.2, 0.25) is 0 Å². The second-order valence-electron chi connectivity index (χ2n) is 6.74. The number of ether oxygens (including phenoxy) is 1. The van der Waals surface area contributed by atoms with Crippen LogP contribution in [0.4, 0.5) is 0 Å². The van der Waals surface area contributed by atoms with Crippen molar-refractivity contribution >= 4 is 21.7 Å². The first-order chi connectivity index (χ1) is 13.7. The highest BCUT2D eigenvalue weighted by molar-refractivity contribution is 5.90. The first-order valence-corrected chi connectivity index (χ1v) is 8.89. The Hall–Kier alpha value is -4.04. The molecule has 1 aromatic heterocycles. The summed E-state index contributed by atoms with van der Waals surface area (Å²) in [6, 6.07) is 23.3. The molecule has 0 fully saturated rings. The van der Waals surface area contributed by atoms with Gasteiger partial charge in [-0.15, -0.1) is 0 Å². The van der Waals surface area contributed by atoms with E-state index in [0.29, 0.717) is 16.8 Å². The van der Waals surface area contributed by atoms with E-state index in [1.165, 1.54) is 0 Å². The third kappa shape index (κ3) is 2.22. The van der Waals surface area contributed by atoms with Crippen molar-refractivity contribution in [3.63, 3.8) is 0 Å². The number of fused-ring (bicyclic) bond motifs is 4.